The molecule has 2 heterocycles. The van der Waals surface area contributed by atoms with Gasteiger partial charge >= 0.3 is 12.2 Å². The summed E-state index contributed by atoms with van der Waals surface area (Å²) in [5, 5.41) is 0. The van der Waals surface area contributed by atoms with Crippen molar-refractivity contribution in [3.05, 3.63) is 82.9 Å². The Bertz CT molecular complexity index is 1690. The number of hydrogen-bond donors (Lipinski definition) is 0. The second kappa shape index (κ2) is 20.5. The van der Waals surface area contributed by atoms with Gasteiger partial charge in [0.25, 0.3) is 0 Å². The third kappa shape index (κ3) is 13.5. The van der Waals surface area contributed by atoms with E-state index in [2.05, 4.69) is 109 Å². The predicted molar refractivity (Wildman–Crippen MR) is 238 cm³/mol. The summed E-state index contributed by atoms with van der Waals surface area (Å²) in [4.78, 5) is 33.3. The Kier molecular flexibility index (Phi) is 15.6. The molecule has 0 aliphatic carbocycles. The molecule has 0 spiro atoms. The van der Waals surface area contributed by atoms with Gasteiger partial charge in [0.2, 0.25) is 0 Å². The average Bonchev–Trinajstić information content (AvgIpc) is 3.19. The largest absolute Gasteiger partial charge is 0.493 e. The summed E-state index contributed by atoms with van der Waals surface area (Å²) < 4.78 is 23.9. The van der Waals surface area contributed by atoms with Crippen molar-refractivity contribution in [2.75, 3.05) is 75.4 Å². The molecule has 0 saturated carbocycles. The molecule has 2 fully saturated rings. The maximum Gasteiger partial charge on any atom is 0.410 e. The quantitative estimate of drug-likeness (QED) is 0.118. The molecule has 2 aliphatic heterocycles. The Morgan fingerprint density at radius 3 is 1.19 bits per heavy atom. The van der Waals surface area contributed by atoms with E-state index in [0.717, 1.165) is 97.0 Å². The summed E-state index contributed by atoms with van der Waals surface area (Å²) in [6.45, 7) is 22.6. The van der Waals surface area contributed by atoms with Crippen molar-refractivity contribution >= 4 is 47.9 Å². The van der Waals surface area contributed by atoms with E-state index >= 15 is 0 Å². The molecule has 0 bridgehead atoms. The van der Waals surface area contributed by atoms with Crippen molar-refractivity contribution in [2.45, 2.75) is 92.3 Å². The van der Waals surface area contributed by atoms with Crippen LogP contribution in [0.2, 0.25) is 0 Å². The van der Waals surface area contributed by atoms with E-state index < -0.39 is 11.2 Å². The molecule has 3 aromatic rings. The Morgan fingerprint density at radius 1 is 0.534 bits per heavy atom. The van der Waals surface area contributed by atoms with E-state index in [1.54, 1.807) is 9.80 Å². The SMILES string of the molecule is CCCCOc1cc(C=Cc2ccc(N3CCN(C(=O)OC(C)(C)C)CC3)cc2)c(OCCCC)cc1C=Cc1ccc(N2CCN(C(=O)OC(C)(C)C)CC2)cc1. The smallest absolute Gasteiger partial charge is 0.410 e. The Labute approximate surface area is 347 Å². The number of benzene rings is 3. The van der Waals surface area contributed by atoms with Crippen LogP contribution in [0.1, 0.15) is 103 Å². The lowest BCUT2D eigenvalue weighted by molar-refractivity contribution is 0.0230. The third-order valence-corrected chi connectivity index (χ3v) is 9.94. The van der Waals surface area contributed by atoms with E-state index in [-0.39, 0.29) is 12.2 Å². The fourth-order valence-corrected chi connectivity index (χ4v) is 6.67. The molecule has 2 aliphatic rings. The van der Waals surface area contributed by atoms with Gasteiger partial charge < -0.3 is 38.5 Å². The molecule has 0 aromatic heterocycles. The molecule has 0 unspecified atom stereocenters. The third-order valence-electron chi connectivity index (χ3n) is 9.94. The van der Waals surface area contributed by atoms with Crippen molar-refractivity contribution in [3.8, 4) is 11.5 Å². The fourth-order valence-electron chi connectivity index (χ4n) is 6.67. The van der Waals surface area contributed by atoms with Gasteiger partial charge in [-0.15, -0.1) is 0 Å². The summed E-state index contributed by atoms with van der Waals surface area (Å²) in [5.41, 5.74) is 5.39. The fraction of sp³-hybridized carbons (Fsp3) is 0.500. The van der Waals surface area contributed by atoms with Crippen LogP contribution in [0.15, 0.2) is 60.7 Å². The van der Waals surface area contributed by atoms with E-state index in [9.17, 15) is 9.59 Å². The number of nitrogens with zero attached hydrogens (tertiary/aromatic N) is 4. The zero-order valence-electron chi connectivity index (χ0n) is 36.2. The average molecular weight is 795 g/mol. The highest BCUT2D eigenvalue weighted by atomic mass is 16.6. The van der Waals surface area contributed by atoms with Crippen LogP contribution in [-0.4, -0.2) is 98.8 Å². The number of anilines is 2. The molecule has 10 heteroatoms. The minimum atomic E-state index is -0.497. The molecule has 0 radical (unpaired) electrons. The molecule has 314 valence electrons. The van der Waals surface area contributed by atoms with Gasteiger partial charge in [-0.2, -0.15) is 0 Å². The molecule has 2 amide bonds. The number of piperazine rings is 2. The molecular weight excluding hydrogens is 729 g/mol. The van der Waals surface area contributed by atoms with Crippen molar-refractivity contribution in [1.29, 1.82) is 0 Å². The number of ether oxygens (including phenoxy) is 4. The van der Waals surface area contributed by atoms with Gasteiger partial charge in [0.1, 0.15) is 22.7 Å². The van der Waals surface area contributed by atoms with E-state index in [1.807, 2.05) is 41.5 Å². The van der Waals surface area contributed by atoms with Crippen molar-refractivity contribution < 1.29 is 28.5 Å². The second-order valence-corrected chi connectivity index (χ2v) is 17.1. The summed E-state index contributed by atoms with van der Waals surface area (Å²) >= 11 is 0. The Morgan fingerprint density at radius 2 is 0.879 bits per heavy atom. The first kappa shape index (κ1) is 44.0. The number of rotatable bonds is 14. The van der Waals surface area contributed by atoms with Crippen LogP contribution in [0, 0.1) is 0 Å². The summed E-state index contributed by atoms with van der Waals surface area (Å²) in [5.74, 6) is 1.65. The van der Waals surface area contributed by atoms with Crippen LogP contribution in [0.4, 0.5) is 21.0 Å². The lowest BCUT2D eigenvalue weighted by Crippen LogP contribution is -2.50. The summed E-state index contributed by atoms with van der Waals surface area (Å²) in [6.07, 6.45) is 12.0. The number of unbranched alkanes of at least 4 members (excludes halogenated alkanes) is 2. The minimum Gasteiger partial charge on any atom is -0.493 e. The zero-order chi connectivity index (χ0) is 41.7. The highest BCUT2D eigenvalue weighted by Gasteiger charge is 2.27. The first-order chi connectivity index (χ1) is 27.7. The molecule has 58 heavy (non-hydrogen) atoms. The minimum absolute atomic E-state index is 0.246. The van der Waals surface area contributed by atoms with Gasteiger partial charge in [0.05, 0.1) is 13.2 Å². The molecular formula is C48H66N4O6. The van der Waals surface area contributed by atoms with Gasteiger partial charge in [0.15, 0.2) is 0 Å². The molecule has 10 nitrogen and oxygen atoms in total. The van der Waals surface area contributed by atoms with Crippen LogP contribution in [0.25, 0.3) is 24.3 Å². The second-order valence-electron chi connectivity index (χ2n) is 17.1. The highest BCUT2D eigenvalue weighted by molar-refractivity contribution is 5.79. The monoisotopic (exact) mass is 794 g/mol. The lowest BCUT2D eigenvalue weighted by Gasteiger charge is -2.36. The van der Waals surface area contributed by atoms with Crippen LogP contribution in [-0.2, 0) is 9.47 Å². The van der Waals surface area contributed by atoms with Crippen LogP contribution in [0.3, 0.4) is 0 Å². The standard InChI is InChI=1S/C48H66N4O6/c1-9-11-33-55-43-35-40(20-14-38-17-23-42(24-18-38)50-27-31-52(32-28-50)46(54)58-48(6,7)8)44(56-34-12-10-2)36-39(43)19-13-37-15-21-41(22-16-37)49-25-29-51(30-26-49)45(53)57-47(3,4)5/h13-24,35-36H,9-12,25-34H2,1-8H3. The van der Waals surface area contributed by atoms with Gasteiger partial charge in [-0.3, -0.25) is 0 Å². The Hall–Kier alpha value is -5.12. The van der Waals surface area contributed by atoms with E-state index in [1.165, 1.54) is 0 Å². The summed E-state index contributed by atoms with van der Waals surface area (Å²) in [7, 11) is 0. The normalized spacial score (nSPS) is 15.3. The van der Waals surface area contributed by atoms with E-state index in [4.69, 9.17) is 18.9 Å². The van der Waals surface area contributed by atoms with Crippen LogP contribution in [0.5, 0.6) is 11.5 Å². The zero-order valence-corrected chi connectivity index (χ0v) is 36.2. The van der Waals surface area contributed by atoms with Gasteiger partial charge in [-0.25, -0.2) is 9.59 Å². The number of carbonyl (C=O) groups is 2. The molecule has 3 aromatic carbocycles. The van der Waals surface area contributed by atoms with Crippen molar-refractivity contribution in [1.82, 2.24) is 9.80 Å². The van der Waals surface area contributed by atoms with Gasteiger partial charge in [-0.05, 0) is 102 Å². The Balaban J connectivity index is 1.27. The van der Waals surface area contributed by atoms with Gasteiger partial charge in [0, 0.05) is 74.9 Å². The summed E-state index contributed by atoms with van der Waals surface area (Å²) in [6, 6.07) is 21.3. The first-order valence-electron chi connectivity index (χ1n) is 21.2. The molecule has 0 atom stereocenters. The maximum absolute atomic E-state index is 12.5. The van der Waals surface area contributed by atoms with Gasteiger partial charge in [-0.1, -0.05) is 75.3 Å². The molecule has 0 N–H and O–H groups in total. The van der Waals surface area contributed by atoms with Crippen LogP contribution < -0.4 is 19.3 Å². The number of hydrogen-bond acceptors (Lipinski definition) is 8. The number of carbonyl (C=O) groups excluding carboxylic acids is 2. The highest BCUT2D eigenvalue weighted by Crippen LogP contribution is 2.33. The lowest BCUT2D eigenvalue weighted by atomic mass is 10.0. The van der Waals surface area contributed by atoms with E-state index in [0.29, 0.717) is 39.4 Å². The number of amides is 2. The maximum atomic E-state index is 12.5. The van der Waals surface area contributed by atoms with Crippen molar-refractivity contribution in [3.63, 3.8) is 0 Å². The topological polar surface area (TPSA) is 84.0 Å². The molecule has 2 saturated heterocycles. The molecule has 5 rings (SSSR count). The predicted octanol–water partition coefficient (Wildman–Crippen LogP) is 10.5. The van der Waals surface area contributed by atoms with Crippen molar-refractivity contribution in [2.24, 2.45) is 0 Å². The first-order valence-corrected chi connectivity index (χ1v) is 21.2. The van der Waals surface area contributed by atoms with Crippen LogP contribution >= 0.6 is 0 Å².